The second-order valence-electron chi connectivity index (χ2n) is 13.2. The van der Waals surface area contributed by atoms with Crippen molar-refractivity contribution in [3.63, 3.8) is 0 Å². The highest BCUT2D eigenvalue weighted by atomic mass is 32.1. The summed E-state index contributed by atoms with van der Waals surface area (Å²) in [4.78, 5) is 15.8. The van der Waals surface area contributed by atoms with Crippen LogP contribution in [0.2, 0.25) is 0 Å². The second-order valence-corrected chi connectivity index (χ2v) is 15.3. The molecule has 0 unspecified atom stereocenters. The Morgan fingerprint density at radius 1 is 0.327 bits per heavy atom. The van der Waals surface area contributed by atoms with Crippen LogP contribution < -0.4 is 0 Å². The van der Waals surface area contributed by atoms with Gasteiger partial charge in [-0.2, -0.15) is 0 Å². The molecule has 0 N–H and O–H groups in total. The first-order valence-electron chi connectivity index (χ1n) is 17.3. The molecule has 7 aromatic carbocycles. The fourth-order valence-electron chi connectivity index (χ4n) is 7.63. The predicted octanol–water partition coefficient (Wildman–Crippen LogP) is 13.6. The Labute approximate surface area is 307 Å². The molecule has 5 heteroatoms. The minimum Gasteiger partial charge on any atom is -0.247 e. The van der Waals surface area contributed by atoms with Gasteiger partial charge in [-0.1, -0.05) is 127 Å². The van der Waals surface area contributed by atoms with Gasteiger partial charge in [-0.05, 0) is 36.4 Å². The Morgan fingerprint density at radius 2 is 0.904 bits per heavy atom. The molecule has 0 saturated carbocycles. The van der Waals surface area contributed by atoms with E-state index < -0.39 is 0 Å². The third kappa shape index (κ3) is 4.67. The molecule has 0 fully saturated rings. The molecule has 4 aromatic heterocycles. The third-order valence-electron chi connectivity index (χ3n) is 10.1. The number of aromatic nitrogens is 3. The van der Waals surface area contributed by atoms with Crippen molar-refractivity contribution >= 4 is 84.7 Å². The summed E-state index contributed by atoms with van der Waals surface area (Å²) in [6.07, 6.45) is 0. The van der Waals surface area contributed by atoms with Gasteiger partial charge >= 0.3 is 0 Å². The number of pyridine rings is 1. The molecule has 242 valence electrons. The zero-order chi connectivity index (χ0) is 34.2. The largest absolute Gasteiger partial charge is 0.247 e. The minimum absolute atomic E-state index is 0.701. The van der Waals surface area contributed by atoms with Crippen molar-refractivity contribution in [2.45, 2.75) is 0 Å². The Hall–Kier alpha value is -6.27. The number of thiophene rings is 2. The predicted molar refractivity (Wildman–Crippen MR) is 222 cm³/mol. The van der Waals surface area contributed by atoms with Crippen molar-refractivity contribution < 1.29 is 0 Å². The van der Waals surface area contributed by atoms with E-state index in [1.54, 1.807) is 0 Å². The van der Waals surface area contributed by atoms with Crippen molar-refractivity contribution in [2.75, 3.05) is 0 Å². The summed E-state index contributed by atoms with van der Waals surface area (Å²) in [6, 6.07) is 58.2. The first-order chi connectivity index (χ1) is 25.7. The summed E-state index contributed by atoms with van der Waals surface area (Å²) in [5.41, 5.74) is 7.85. The van der Waals surface area contributed by atoms with E-state index in [-0.39, 0.29) is 0 Å². The van der Waals surface area contributed by atoms with Gasteiger partial charge in [0.15, 0.2) is 5.82 Å². The van der Waals surface area contributed by atoms with Gasteiger partial charge in [-0.25, -0.2) is 15.0 Å². The normalized spacial score (nSPS) is 11.8. The van der Waals surface area contributed by atoms with Gasteiger partial charge < -0.3 is 0 Å². The molecule has 11 aromatic rings. The third-order valence-corrected chi connectivity index (χ3v) is 12.3. The smallest absolute Gasteiger partial charge is 0.160 e. The maximum atomic E-state index is 5.41. The SMILES string of the molecule is c1ccc(-c2nc(-c3ccc4c(c3)nc(-c3ccccc3)c3ccc5sc6ccccc6c5c34)cc(-c3ccc4c(c3)sc3ccccc34)n2)cc1. The minimum atomic E-state index is 0.701. The van der Waals surface area contributed by atoms with Gasteiger partial charge in [0.1, 0.15) is 0 Å². The molecule has 0 aliphatic heterocycles. The molecule has 0 radical (unpaired) electrons. The second kappa shape index (κ2) is 11.6. The Morgan fingerprint density at radius 3 is 1.67 bits per heavy atom. The molecule has 3 nitrogen and oxygen atoms in total. The Bertz CT molecular complexity index is 3180. The molecule has 4 heterocycles. The van der Waals surface area contributed by atoms with Crippen molar-refractivity contribution in [2.24, 2.45) is 0 Å². The summed E-state index contributed by atoms with van der Waals surface area (Å²) in [6.45, 7) is 0. The molecule has 52 heavy (non-hydrogen) atoms. The van der Waals surface area contributed by atoms with Gasteiger partial charge in [0.05, 0.1) is 22.6 Å². The summed E-state index contributed by atoms with van der Waals surface area (Å²) >= 11 is 3.68. The maximum absolute atomic E-state index is 5.41. The molecule has 0 bridgehead atoms. The summed E-state index contributed by atoms with van der Waals surface area (Å²) in [7, 11) is 0. The molecule has 0 spiro atoms. The quantitative estimate of drug-likeness (QED) is 0.172. The van der Waals surface area contributed by atoms with Crippen LogP contribution in [0.25, 0.3) is 107 Å². The highest BCUT2D eigenvalue weighted by Crippen LogP contribution is 2.44. The van der Waals surface area contributed by atoms with E-state index in [2.05, 4.69) is 146 Å². The van der Waals surface area contributed by atoms with E-state index in [9.17, 15) is 0 Å². The first-order valence-corrected chi connectivity index (χ1v) is 19.0. The van der Waals surface area contributed by atoms with Crippen LogP contribution in [0.5, 0.6) is 0 Å². The van der Waals surface area contributed by atoms with Crippen LogP contribution in [0.1, 0.15) is 0 Å². The molecule has 0 aliphatic carbocycles. The number of hydrogen-bond donors (Lipinski definition) is 0. The number of rotatable bonds is 4. The Kier molecular flexibility index (Phi) is 6.59. The molecule has 11 rings (SSSR count). The topological polar surface area (TPSA) is 38.7 Å². The standard InChI is InChI=1S/C47H27N3S2/c1-3-11-28(12-4-1)46-36-23-24-42-45(35-16-8-10-18-41(35)51-42)44(36)34-22-20-30(25-39(34)48-46)37-27-38(50-47(49-37)29-13-5-2-6-14-29)31-19-21-33-32-15-7-9-17-40(32)52-43(33)26-31/h1-27H. The molecule has 0 saturated heterocycles. The van der Waals surface area contributed by atoms with E-state index in [1.165, 1.54) is 45.7 Å². The first kappa shape index (κ1) is 29.5. The van der Waals surface area contributed by atoms with E-state index >= 15 is 0 Å². The molecule has 0 amide bonds. The van der Waals surface area contributed by atoms with Crippen LogP contribution in [-0.2, 0) is 0 Å². The highest BCUT2D eigenvalue weighted by molar-refractivity contribution is 7.26. The fourth-order valence-corrected chi connectivity index (χ4v) is 9.89. The number of benzene rings is 7. The van der Waals surface area contributed by atoms with Crippen LogP contribution in [0, 0.1) is 0 Å². The Balaban J connectivity index is 1.16. The lowest BCUT2D eigenvalue weighted by Crippen LogP contribution is -1.96. The molecular formula is C47H27N3S2. The monoisotopic (exact) mass is 697 g/mol. The average Bonchev–Trinajstić information content (AvgIpc) is 3.79. The van der Waals surface area contributed by atoms with Crippen LogP contribution in [-0.4, -0.2) is 15.0 Å². The van der Waals surface area contributed by atoms with Crippen LogP contribution in [0.3, 0.4) is 0 Å². The number of nitrogens with zero attached hydrogens (tertiary/aromatic N) is 3. The van der Waals surface area contributed by atoms with Gasteiger partial charge in [0.2, 0.25) is 0 Å². The van der Waals surface area contributed by atoms with Crippen molar-refractivity contribution in [3.8, 4) is 45.2 Å². The van der Waals surface area contributed by atoms with E-state index in [0.717, 1.165) is 55.6 Å². The lowest BCUT2D eigenvalue weighted by Gasteiger charge is -2.14. The molecule has 0 aliphatic rings. The maximum Gasteiger partial charge on any atom is 0.160 e. The van der Waals surface area contributed by atoms with Gasteiger partial charge in [-0.3, -0.25) is 0 Å². The lowest BCUT2D eigenvalue weighted by atomic mass is 9.95. The van der Waals surface area contributed by atoms with Crippen molar-refractivity contribution in [1.82, 2.24) is 15.0 Å². The lowest BCUT2D eigenvalue weighted by molar-refractivity contribution is 1.18. The van der Waals surface area contributed by atoms with Crippen LogP contribution in [0.4, 0.5) is 0 Å². The summed E-state index contributed by atoms with van der Waals surface area (Å²) in [5, 5.41) is 8.69. The van der Waals surface area contributed by atoms with Gasteiger partial charge in [0, 0.05) is 78.8 Å². The molecule has 0 atom stereocenters. The average molecular weight is 698 g/mol. The van der Waals surface area contributed by atoms with E-state index in [1.807, 2.05) is 40.9 Å². The highest BCUT2D eigenvalue weighted by Gasteiger charge is 2.18. The van der Waals surface area contributed by atoms with Gasteiger partial charge in [0.25, 0.3) is 0 Å². The fraction of sp³-hybridized carbons (Fsp3) is 0. The number of fused-ring (bicyclic) bond motifs is 10. The van der Waals surface area contributed by atoms with Crippen molar-refractivity contribution in [1.29, 1.82) is 0 Å². The zero-order valence-corrected chi connectivity index (χ0v) is 29.4. The van der Waals surface area contributed by atoms with Crippen LogP contribution in [0.15, 0.2) is 164 Å². The van der Waals surface area contributed by atoms with Crippen molar-refractivity contribution in [3.05, 3.63) is 164 Å². The zero-order valence-electron chi connectivity index (χ0n) is 27.7. The van der Waals surface area contributed by atoms with E-state index in [0.29, 0.717) is 5.82 Å². The molecular weight excluding hydrogens is 671 g/mol. The summed E-state index contributed by atoms with van der Waals surface area (Å²) < 4.78 is 5.13. The van der Waals surface area contributed by atoms with E-state index in [4.69, 9.17) is 15.0 Å². The van der Waals surface area contributed by atoms with Gasteiger partial charge in [-0.15, -0.1) is 22.7 Å². The summed E-state index contributed by atoms with van der Waals surface area (Å²) in [5.74, 6) is 0.701. The van der Waals surface area contributed by atoms with Crippen LogP contribution >= 0.6 is 22.7 Å². The number of hydrogen-bond acceptors (Lipinski definition) is 5.